The van der Waals surface area contributed by atoms with E-state index in [1.807, 2.05) is 18.2 Å². The van der Waals surface area contributed by atoms with Gasteiger partial charge in [-0.3, -0.25) is 4.79 Å². The lowest BCUT2D eigenvalue weighted by Crippen LogP contribution is -2.46. The number of likely N-dealkylation sites (tertiary alicyclic amines) is 1. The first-order valence-electron chi connectivity index (χ1n) is 6.77. The van der Waals surface area contributed by atoms with Crippen LogP contribution in [-0.2, 0) is 0 Å². The Morgan fingerprint density at radius 2 is 2.40 bits per heavy atom. The van der Waals surface area contributed by atoms with E-state index in [4.69, 9.17) is 5.73 Å². The van der Waals surface area contributed by atoms with Crippen molar-refractivity contribution in [3.8, 4) is 0 Å². The zero-order chi connectivity index (χ0) is 14.1. The van der Waals surface area contributed by atoms with E-state index in [1.54, 1.807) is 0 Å². The topological polar surface area (TPSA) is 71.2 Å². The van der Waals surface area contributed by atoms with Gasteiger partial charge < -0.3 is 16.0 Å². The molecule has 1 amide bonds. The van der Waals surface area contributed by atoms with Crippen LogP contribution in [0.3, 0.4) is 0 Å². The molecule has 5 nitrogen and oxygen atoms in total. The molecule has 1 fully saturated rings. The van der Waals surface area contributed by atoms with Crippen LogP contribution in [0.4, 0.5) is 5.13 Å². The number of hydrogen-bond donors (Lipinski definition) is 2. The van der Waals surface area contributed by atoms with Crippen molar-refractivity contribution in [2.75, 3.05) is 25.9 Å². The average Bonchev–Trinajstić information content (AvgIpc) is 2.77. The van der Waals surface area contributed by atoms with Crippen LogP contribution in [0, 0.1) is 0 Å². The minimum Gasteiger partial charge on any atom is -0.375 e. The lowest BCUT2D eigenvalue weighted by atomic mass is 10.1. The number of rotatable bonds is 2. The number of nitrogens with two attached hydrogens (primary N) is 1. The van der Waals surface area contributed by atoms with Crippen LogP contribution in [0.15, 0.2) is 18.2 Å². The molecule has 3 rings (SSSR count). The number of hydrogen-bond acceptors (Lipinski definition) is 5. The summed E-state index contributed by atoms with van der Waals surface area (Å²) in [5, 5.41) is 3.64. The van der Waals surface area contributed by atoms with Crippen molar-refractivity contribution in [3.63, 3.8) is 0 Å². The Balaban J connectivity index is 1.74. The van der Waals surface area contributed by atoms with Gasteiger partial charge in [0.05, 0.1) is 10.2 Å². The number of anilines is 1. The van der Waals surface area contributed by atoms with Gasteiger partial charge in [0.25, 0.3) is 5.91 Å². The zero-order valence-electron chi connectivity index (χ0n) is 11.4. The second kappa shape index (κ2) is 5.38. The molecule has 2 aromatic rings. The van der Waals surface area contributed by atoms with Gasteiger partial charge in [-0.25, -0.2) is 4.98 Å². The fourth-order valence-corrected chi connectivity index (χ4v) is 3.41. The molecule has 106 valence electrons. The van der Waals surface area contributed by atoms with Gasteiger partial charge in [-0.15, -0.1) is 0 Å². The third-order valence-corrected chi connectivity index (χ3v) is 4.47. The summed E-state index contributed by atoms with van der Waals surface area (Å²) in [5.41, 5.74) is 7.21. The van der Waals surface area contributed by atoms with Crippen molar-refractivity contribution in [3.05, 3.63) is 23.8 Å². The number of aromatic nitrogens is 1. The van der Waals surface area contributed by atoms with E-state index < -0.39 is 0 Å². The molecule has 0 spiro atoms. The van der Waals surface area contributed by atoms with Crippen LogP contribution in [0.2, 0.25) is 0 Å². The first kappa shape index (κ1) is 13.3. The molecule has 0 aliphatic carbocycles. The molecule has 1 saturated heterocycles. The van der Waals surface area contributed by atoms with Gasteiger partial charge in [-0.2, -0.15) is 0 Å². The van der Waals surface area contributed by atoms with Crippen molar-refractivity contribution in [1.82, 2.24) is 15.2 Å². The van der Waals surface area contributed by atoms with Gasteiger partial charge in [-0.1, -0.05) is 11.3 Å². The number of nitrogens with zero attached hydrogens (tertiary/aromatic N) is 2. The van der Waals surface area contributed by atoms with Crippen LogP contribution >= 0.6 is 11.3 Å². The van der Waals surface area contributed by atoms with Gasteiger partial charge in [0, 0.05) is 18.2 Å². The molecule has 1 unspecified atom stereocenters. The number of nitrogen functional groups attached to an aromatic ring is 1. The summed E-state index contributed by atoms with van der Waals surface area (Å²) in [6.45, 7) is 2.03. The van der Waals surface area contributed by atoms with Gasteiger partial charge in [0.1, 0.15) is 0 Å². The highest BCUT2D eigenvalue weighted by Gasteiger charge is 2.19. The SMILES string of the molecule is CN1CCCC(NC(=O)c2ccc3nc(N)sc3c2)C1. The van der Waals surface area contributed by atoms with E-state index >= 15 is 0 Å². The van der Waals surface area contributed by atoms with Gasteiger partial charge in [0.2, 0.25) is 0 Å². The predicted molar refractivity (Wildman–Crippen MR) is 82.0 cm³/mol. The molecule has 6 heteroatoms. The molecule has 1 aliphatic rings. The number of benzene rings is 1. The minimum absolute atomic E-state index is 0.0147. The molecule has 20 heavy (non-hydrogen) atoms. The van der Waals surface area contributed by atoms with E-state index in [-0.39, 0.29) is 11.9 Å². The quantitative estimate of drug-likeness (QED) is 0.883. The smallest absolute Gasteiger partial charge is 0.251 e. The standard InChI is InChI=1S/C14H18N4OS/c1-18-6-2-3-10(8-18)16-13(19)9-4-5-11-12(7-9)20-14(15)17-11/h4-5,7,10H,2-3,6,8H2,1H3,(H2,15,17)(H,16,19). The first-order valence-corrected chi connectivity index (χ1v) is 7.59. The molecule has 1 aromatic carbocycles. The van der Waals surface area contributed by atoms with Crippen molar-refractivity contribution in [1.29, 1.82) is 0 Å². The van der Waals surface area contributed by atoms with Crippen molar-refractivity contribution in [2.24, 2.45) is 0 Å². The third-order valence-electron chi connectivity index (χ3n) is 3.63. The van der Waals surface area contributed by atoms with Crippen LogP contribution in [0.25, 0.3) is 10.2 Å². The van der Waals surface area contributed by atoms with E-state index in [2.05, 4.69) is 22.2 Å². The number of amides is 1. The van der Waals surface area contributed by atoms with Crippen molar-refractivity contribution < 1.29 is 4.79 Å². The summed E-state index contributed by atoms with van der Waals surface area (Å²) in [6, 6.07) is 5.77. The Morgan fingerprint density at radius 1 is 1.55 bits per heavy atom. The summed E-state index contributed by atoms with van der Waals surface area (Å²) in [5.74, 6) is -0.0147. The Labute approximate surface area is 121 Å². The molecule has 0 bridgehead atoms. The Morgan fingerprint density at radius 3 is 3.20 bits per heavy atom. The molecular weight excluding hydrogens is 272 g/mol. The number of carbonyl (C=O) groups excluding carboxylic acids is 1. The second-order valence-corrected chi connectivity index (χ2v) is 6.37. The number of piperidine rings is 1. The number of likely N-dealkylation sites (N-methyl/N-ethyl adjacent to an activating group) is 1. The van der Waals surface area contributed by atoms with Crippen molar-refractivity contribution in [2.45, 2.75) is 18.9 Å². The Bertz CT molecular complexity index is 639. The monoisotopic (exact) mass is 290 g/mol. The third kappa shape index (κ3) is 2.76. The summed E-state index contributed by atoms with van der Waals surface area (Å²) in [7, 11) is 2.09. The second-order valence-electron chi connectivity index (χ2n) is 5.31. The molecule has 1 aliphatic heterocycles. The average molecular weight is 290 g/mol. The molecule has 1 aromatic heterocycles. The number of nitrogens with one attached hydrogen (secondary N) is 1. The first-order chi connectivity index (χ1) is 9.61. The maximum atomic E-state index is 12.3. The summed E-state index contributed by atoms with van der Waals surface area (Å²) in [4.78, 5) is 18.7. The summed E-state index contributed by atoms with van der Waals surface area (Å²) < 4.78 is 0.955. The highest BCUT2D eigenvalue weighted by molar-refractivity contribution is 7.22. The highest BCUT2D eigenvalue weighted by Crippen LogP contribution is 2.24. The summed E-state index contributed by atoms with van der Waals surface area (Å²) in [6.07, 6.45) is 2.18. The van der Waals surface area contributed by atoms with E-state index in [0.29, 0.717) is 10.7 Å². The normalized spacial score (nSPS) is 20.1. The van der Waals surface area contributed by atoms with Gasteiger partial charge >= 0.3 is 0 Å². The Hall–Kier alpha value is -1.66. The lowest BCUT2D eigenvalue weighted by Gasteiger charge is -2.30. The van der Waals surface area contributed by atoms with Crippen LogP contribution in [-0.4, -0.2) is 42.0 Å². The van der Waals surface area contributed by atoms with E-state index in [9.17, 15) is 4.79 Å². The largest absolute Gasteiger partial charge is 0.375 e. The van der Waals surface area contributed by atoms with Crippen LogP contribution in [0.5, 0.6) is 0 Å². The van der Waals surface area contributed by atoms with Gasteiger partial charge in [-0.05, 0) is 44.6 Å². The molecule has 3 N–H and O–H groups in total. The predicted octanol–water partition coefficient (Wildman–Crippen LogP) is 1.70. The fourth-order valence-electron chi connectivity index (χ4n) is 2.64. The molecule has 1 atom stereocenters. The van der Waals surface area contributed by atoms with Crippen molar-refractivity contribution >= 4 is 32.6 Å². The number of fused-ring (bicyclic) bond motifs is 1. The molecular formula is C14H18N4OS. The summed E-state index contributed by atoms with van der Waals surface area (Å²) >= 11 is 1.41. The van der Waals surface area contributed by atoms with Crippen LogP contribution < -0.4 is 11.1 Å². The number of thiazole rings is 1. The maximum absolute atomic E-state index is 12.3. The Kier molecular flexibility index (Phi) is 3.58. The lowest BCUT2D eigenvalue weighted by molar-refractivity contribution is 0.0912. The molecule has 0 radical (unpaired) electrons. The van der Waals surface area contributed by atoms with E-state index in [1.165, 1.54) is 11.3 Å². The fraction of sp³-hybridized carbons (Fsp3) is 0.429. The number of carbonyl (C=O) groups is 1. The highest BCUT2D eigenvalue weighted by atomic mass is 32.1. The van der Waals surface area contributed by atoms with Gasteiger partial charge in [0.15, 0.2) is 5.13 Å². The molecule has 0 saturated carbocycles. The zero-order valence-corrected chi connectivity index (χ0v) is 12.2. The maximum Gasteiger partial charge on any atom is 0.251 e. The van der Waals surface area contributed by atoms with Crippen LogP contribution in [0.1, 0.15) is 23.2 Å². The minimum atomic E-state index is -0.0147. The molecule has 2 heterocycles. The van der Waals surface area contributed by atoms with E-state index in [0.717, 1.165) is 36.1 Å².